The van der Waals surface area contributed by atoms with Crippen LogP contribution in [0.25, 0.3) is 0 Å². The summed E-state index contributed by atoms with van der Waals surface area (Å²) in [5, 5.41) is 0. The van der Waals surface area contributed by atoms with Gasteiger partial charge in [0.05, 0.1) is 0 Å². The number of rotatable bonds is 6. The van der Waals surface area contributed by atoms with Crippen molar-refractivity contribution in [2.75, 3.05) is 0 Å². The molecule has 0 aromatic heterocycles. The molecule has 30 heavy (non-hydrogen) atoms. The monoisotopic (exact) mass is 390 g/mol. The number of ketones is 3. The average molecular weight is 390 g/mol. The van der Waals surface area contributed by atoms with Crippen LogP contribution in [-0.2, 0) is 0 Å². The van der Waals surface area contributed by atoms with Gasteiger partial charge in [-0.2, -0.15) is 0 Å². The quantitative estimate of drug-likeness (QED) is 0.415. The van der Waals surface area contributed by atoms with E-state index < -0.39 is 0 Å². The first-order valence-electron chi connectivity index (χ1n) is 9.59. The summed E-state index contributed by atoms with van der Waals surface area (Å²) in [5.74, 6) is -0.812. The predicted octanol–water partition coefficient (Wildman–Crippen LogP) is 5.38. The largest absolute Gasteiger partial charge is 0.289 e. The second-order valence-corrected chi connectivity index (χ2v) is 6.81. The van der Waals surface area contributed by atoms with Crippen LogP contribution in [0, 0.1) is 0 Å². The first kappa shape index (κ1) is 19.2. The van der Waals surface area contributed by atoms with E-state index in [1.165, 1.54) is 0 Å². The highest BCUT2D eigenvalue weighted by Gasteiger charge is 2.23. The molecule has 0 unspecified atom stereocenters. The summed E-state index contributed by atoms with van der Waals surface area (Å²) in [4.78, 5) is 39.5. The van der Waals surface area contributed by atoms with E-state index >= 15 is 0 Å². The SMILES string of the molecule is O=C(c1ccccc1)c1ccccc1C(=O)c1ccccc1C(=O)c1ccccc1. The lowest BCUT2D eigenvalue weighted by molar-refractivity contribution is 0.0994. The van der Waals surface area contributed by atoms with Gasteiger partial charge in [0.15, 0.2) is 17.3 Å². The van der Waals surface area contributed by atoms with E-state index in [1.807, 2.05) is 12.1 Å². The topological polar surface area (TPSA) is 51.2 Å². The molecule has 0 radical (unpaired) electrons. The average Bonchev–Trinajstić information content (AvgIpc) is 2.84. The van der Waals surface area contributed by atoms with Gasteiger partial charge >= 0.3 is 0 Å². The molecule has 4 aromatic carbocycles. The third-order valence-electron chi connectivity index (χ3n) is 4.90. The van der Waals surface area contributed by atoms with Crippen LogP contribution >= 0.6 is 0 Å². The van der Waals surface area contributed by atoms with E-state index in [0.717, 1.165) is 0 Å². The maximum absolute atomic E-state index is 13.5. The lowest BCUT2D eigenvalue weighted by atomic mass is 9.89. The van der Waals surface area contributed by atoms with E-state index in [4.69, 9.17) is 0 Å². The van der Waals surface area contributed by atoms with Crippen molar-refractivity contribution in [2.45, 2.75) is 0 Å². The maximum atomic E-state index is 13.5. The summed E-state index contributed by atoms with van der Waals surface area (Å²) in [5.41, 5.74) is 2.20. The summed E-state index contributed by atoms with van der Waals surface area (Å²) in [6.45, 7) is 0. The Balaban J connectivity index is 1.77. The summed E-state index contributed by atoms with van der Waals surface area (Å²) in [6.07, 6.45) is 0. The summed E-state index contributed by atoms with van der Waals surface area (Å²) >= 11 is 0. The molecule has 3 heteroatoms. The number of hydrogen-bond acceptors (Lipinski definition) is 3. The van der Waals surface area contributed by atoms with Gasteiger partial charge in [-0.1, -0.05) is 109 Å². The summed E-state index contributed by atoms with van der Waals surface area (Å²) < 4.78 is 0. The molecule has 4 aromatic rings. The van der Waals surface area contributed by atoms with Crippen molar-refractivity contribution in [3.05, 3.63) is 143 Å². The molecule has 0 amide bonds. The molecule has 0 saturated heterocycles. The van der Waals surface area contributed by atoms with Crippen molar-refractivity contribution in [3.8, 4) is 0 Å². The van der Waals surface area contributed by atoms with Crippen LogP contribution in [0.2, 0.25) is 0 Å². The Morgan fingerprint density at radius 1 is 0.333 bits per heavy atom. The van der Waals surface area contributed by atoms with Gasteiger partial charge in [-0.3, -0.25) is 14.4 Å². The molecule has 0 aliphatic carbocycles. The maximum Gasteiger partial charge on any atom is 0.194 e. The van der Waals surface area contributed by atoms with Crippen LogP contribution in [0.3, 0.4) is 0 Å². The predicted molar refractivity (Wildman–Crippen MR) is 116 cm³/mol. The summed E-state index contributed by atoms with van der Waals surface area (Å²) in [7, 11) is 0. The number of carbonyl (C=O) groups excluding carboxylic acids is 3. The van der Waals surface area contributed by atoms with E-state index in [0.29, 0.717) is 22.3 Å². The van der Waals surface area contributed by atoms with Crippen LogP contribution in [-0.4, -0.2) is 17.3 Å². The van der Waals surface area contributed by atoms with Crippen LogP contribution in [0.5, 0.6) is 0 Å². The lowest BCUT2D eigenvalue weighted by Gasteiger charge is -2.11. The molecule has 0 fully saturated rings. The Kier molecular flexibility index (Phi) is 5.44. The zero-order chi connectivity index (χ0) is 20.9. The smallest absolute Gasteiger partial charge is 0.194 e. The van der Waals surface area contributed by atoms with Crippen molar-refractivity contribution in [1.82, 2.24) is 0 Å². The number of hydrogen-bond donors (Lipinski definition) is 0. The first-order chi connectivity index (χ1) is 14.7. The lowest BCUT2D eigenvalue weighted by Crippen LogP contribution is -2.15. The highest BCUT2D eigenvalue weighted by atomic mass is 16.1. The normalized spacial score (nSPS) is 10.4. The second kappa shape index (κ2) is 8.50. The van der Waals surface area contributed by atoms with Gasteiger partial charge in [0.2, 0.25) is 0 Å². The molecule has 3 nitrogen and oxygen atoms in total. The van der Waals surface area contributed by atoms with Crippen LogP contribution < -0.4 is 0 Å². The fourth-order valence-electron chi connectivity index (χ4n) is 3.39. The van der Waals surface area contributed by atoms with Crippen LogP contribution in [0.15, 0.2) is 109 Å². The van der Waals surface area contributed by atoms with Gasteiger partial charge in [-0.25, -0.2) is 0 Å². The molecule has 0 heterocycles. The minimum absolute atomic E-state index is 0.230. The van der Waals surface area contributed by atoms with Gasteiger partial charge in [0.1, 0.15) is 0 Å². The Morgan fingerprint density at radius 2 is 0.600 bits per heavy atom. The van der Waals surface area contributed by atoms with Gasteiger partial charge < -0.3 is 0 Å². The molecule has 0 aliphatic rings. The van der Waals surface area contributed by atoms with Crippen LogP contribution in [0.4, 0.5) is 0 Å². The fraction of sp³-hybridized carbons (Fsp3) is 0. The Morgan fingerprint density at radius 3 is 0.933 bits per heavy atom. The Hall–Kier alpha value is -4.11. The third kappa shape index (κ3) is 3.74. The third-order valence-corrected chi connectivity index (χ3v) is 4.90. The molecule has 0 bridgehead atoms. The standard InChI is InChI=1S/C27H18O3/c28-25(19-11-3-1-4-12-19)21-15-7-9-17-23(21)27(30)24-18-10-8-16-22(24)26(29)20-13-5-2-6-14-20/h1-18H. The Bertz CT molecular complexity index is 1130. The van der Waals surface area contributed by atoms with Gasteiger partial charge in [0.25, 0.3) is 0 Å². The summed E-state index contributed by atoms with van der Waals surface area (Å²) in [6, 6.07) is 31.1. The van der Waals surface area contributed by atoms with E-state index in [-0.39, 0.29) is 28.5 Å². The molecule has 0 aliphatic heterocycles. The molecular weight excluding hydrogens is 372 g/mol. The number of benzene rings is 4. The molecule has 144 valence electrons. The molecule has 4 rings (SSSR count). The van der Waals surface area contributed by atoms with Crippen LogP contribution in [0.1, 0.15) is 47.8 Å². The van der Waals surface area contributed by atoms with E-state index in [2.05, 4.69) is 0 Å². The molecular formula is C27H18O3. The zero-order valence-corrected chi connectivity index (χ0v) is 16.1. The van der Waals surface area contributed by atoms with Gasteiger partial charge in [0, 0.05) is 33.4 Å². The molecule has 0 atom stereocenters. The molecule has 0 saturated carbocycles. The first-order valence-corrected chi connectivity index (χ1v) is 9.59. The van der Waals surface area contributed by atoms with E-state index in [1.54, 1.807) is 97.1 Å². The highest BCUT2D eigenvalue weighted by molar-refractivity contribution is 6.23. The van der Waals surface area contributed by atoms with Crippen molar-refractivity contribution < 1.29 is 14.4 Å². The minimum atomic E-state index is -0.352. The van der Waals surface area contributed by atoms with E-state index in [9.17, 15) is 14.4 Å². The second-order valence-electron chi connectivity index (χ2n) is 6.81. The minimum Gasteiger partial charge on any atom is -0.289 e. The number of carbonyl (C=O) groups is 3. The zero-order valence-electron chi connectivity index (χ0n) is 16.1. The fourth-order valence-corrected chi connectivity index (χ4v) is 3.39. The highest BCUT2D eigenvalue weighted by Crippen LogP contribution is 2.22. The van der Waals surface area contributed by atoms with Gasteiger partial charge in [-0.15, -0.1) is 0 Å². The van der Waals surface area contributed by atoms with Gasteiger partial charge in [-0.05, 0) is 0 Å². The van der Waals surface area contributed by atoms with Crippen molar-refractivity contribution >= 4 is 17.3 Å². The molecule has 0 spiro atoms. The van der Waals surface area contributed by atoms with Crippen molar-refractivity contribution in [3.63, 3.8) is 0 Å². The Labute approximate surface area is 174 Å². The molecule has 0 N–H and O–H groups in total. The van der Waals surface area contributed by atoms with Crippen molar-refractivity contribution in [1.29, 1.82) is 0 Å². The van der Waals surface area contributed by atoms with Crippen molar-refractivity contribution in [2.24, 2.45) is 0 Å².